The van der Waals surface area contributed by atoms with E-state index >= 15 is 0 Å². The lowest BCUT2D eigenvalue weighted by molar-refractivity contribution is -0.161. The van der Waals surface area contributed by atoms with Gasteiger partial charge in [-0.15, -0.1) is 0 Å². The van der Waals surface area contributed by atoms with E-state index in [4.69, 9.17) is 37.9 Å². The fourth-order valence-electron chi connectivity index (χ4n) is 2.53. The van der Waals surface area contributed by atoms with Crippen LogP contribution in [0.5, 0.6) is 0 Å². The minimum absolute atomic E-state index is 0.0910. The number of ether oxygens (including phenoxy) is 8. The van der Waals surface area contributed by atoms with E-state index in [1.54, 1.807) is 20.8 Å². The van der Waals surface area contributed by atoms with Crippen LogP contribution in [0.15, 0.2) is 0 Å². The third-order valence-electron chi connectivity index (χ3n) is 4.21. The van der Waals surface area contributed by atoms with Crippen LogP contribution in [0.4, 0.5) is 0 Å². The number of esters is 2. The van der Waals surface area contributed by atoms with Gasteiger partial charge in [0, 0.05) is 32.6 Å². The number of rotatable bonds is 25. The average molecular weight is 538 g/mol. The van der Waals surface area contributed by atoms with Crippen molar-refractivity contribution < 1.29 is 52.3 Å². The molecule has 218 valence electrons. The number of amides is 1. The van der Waals surface area contributed by atoms with Crippen LogP contribution in [0, 0.1) is 0 Å². The minimum Gasteiger partial charge on any atom is -0.460 e. The summed E-state index contributed by atoms with van der Waals surface area (Å²) >= 11 is 0. The van der Waals surface area contributed by atoms with Crippen molar-refractivity contribution >= 4 is 17.8 Å². The standard InChI is InChI=1S/C25H47NO11/c1-5-30-15-16-33-19-20-34-18-17-32-12-8-22(27)26-10-14-31-11-6-7-23(28)36-21-35-13-9-24(29)37-25(2,3)4/h5-21H2,1-4H3,(H,26,27). The molecular weight excluding hydrogens is 490 g/mol. The molecule has 0 rings (SSSR count). The second kappa shape index (κ2) is 24.5. The zero-order valence-corrected chi connectivity index (χ0v) is 23.0. The van der Waals surface area contributed by atoms with Gasteiger partial charge in [-0.1, -0.05) is 0 Å². The Labute approximate surface area is 220 Å². The van der Waals surface area contributed by atoms with Crippen molar-refractivity contribution in [2.75, 3.05) is 86.0 Å². The summed E-state index contributed by atoms with van der Waals surface area (Å²) in [4.78, 5) is 34.9. The molecule has 0 bridgehead atoms. The Morgan fingerprint density at radius 1 is 0.622 bits per heavy atom. The van der Waals surface area contributed by atoms with Gasteiger partial charge in [-0.2, -0.15) is 0 Å². The SMILES string of the molecule is CCOCCOCCOCCOCCC(=O)NCCOCCCC(=O)OCOCCC(=O)OC(C)(C)C. The van der Waals surface area contributed by atoms with E-state index in [9.17, 15) is 14.4 Å². The molecule has 0 heterocycles. The van der Waals surface area contributed by atoms with Crippen molar-refractivity contribution in [3.8, 4) is 0 Å². The topological polar surface area (TPSA) is 137 Å². The van der Waals surface area contributed by atoms with E-state index in [1.807, 2.05) is 6.92 Å². The normalized spacial score (nSPS) is 11.4. The van der Waals surface area contributed by atoms with Crippen molar-refractivity contribution in [2.45, 2.75) is 59.0 Å². The molecule has 0 aliphatic carbocycles. The number of hydrogen-bond acceptors (Lipinski definition) is 11. The zero-order valence-electron chi connectivity index (χ0n) is 23.0. The Morgan fingerprint density at radius 3 is 1.81 bits per heavy atom. The third kappa shape index (κ3) is 28.6. The van der Waals surface area contributed by atoms with Crippen molar-refractivity contribution in [1.82, 2.24) is 5.32 Å². The lowest BCUT2D eigenvalue weighted by Crippen LogP contribution is -2.28. The van der Waals surface area contributed by atoms with Gasteiger partial charge in [-0.25, -0.2) is 0 Å². The Morgan fingerprint density at radius 2 is 1.19 bits per heavy atom. The quantitative estimate of drug-likeness (QED) is 0.103. The van der Waals surface area contributed by atoms with Gasteiger partial charge in [0.1, 0.15) is 5.60 Å². The van der Waals surface area contributed by atoms with Gasteiger partial charge in [0.2, 0.25) is 5.91 Å². The Hall–Kier alpha value is -1.83. The molecule has 37 heavy (non-hydrogen) atoms. The average Bonchev–Trinajstić information content (AvgIpc) is 2.82. The Kier molecular flexibility index (Phi) is 23.3. The van der Waals surface area contributed by atoms with Crippen molar-refractivity contribution in [3.63, 3.8) is 0 Å². The van der Waals surface area contributed by atoms with Gasteiger partial charge >= 0.3 is 11.9 Å². The number of carbonyl (C=O) groups excluding carboxylic acids is 3. The summed E-state index contributed by atoms with van der Waals surface area (Å²) in [6, 6.07) is 0. The fraction of sp³-hybridized carbons (Fsp3) is 0.880. The summed E-state index contributed by atoms with van der Waals surface area (Å²) in [7, 11) is 0. The molecule has 0 aliphatic rings. The highest BCUT2D eigenvalue weighted by molar-refractivity contribution is 5.75. The third-order valence-corrected chi connectivity index (χ3v) is 4.21. The lowest BCUT2D eigenvalue weighted by atomic mass is 10.2. The maximum atomic E-state index is 11.7. The maximum Gasteiger partial charge on any atom is 0.308 e. The predicted octanol–water partition coefficient (Wildman–Crippen LogP) is 1.62. The molecule has 0 unspecified atom stereocenters. The molecule has 1 N–H and O–H groups in total. The van der Waals surface area contributed by atoms with E-state index in [2.05, 4.69) is 5.32 Å². The molecule has 0 aliphatic heterocycles. The predicted molar refractivity (Wildman–Crippen MR) is 134 cm³/mol. The van der Waals surface area contributed by atoms with Crippen LogP contribution in [0.2, 0.25) is 0 Å². The molecule has 0 aromatic heterocycles. The second-order valence-corrected chi connectivity index (χ2v) is 8.73. The smallest absolute Gasteiger partial charge is 0.308 e. The summed E-state index contributed by atoms with van der Waals surface area (Å²) in [6.45, 7) is 12.3. The summed E-state index contributed by atoms with van der Waals surface area (Å²) in [5.74, 6) is -0.902. The Balaban J connectivity index is 3.36. The number of nitrogens with one attached hydrogen (secondary N) is 1. The molecule has 0 radical (unpaired) electrons. The van der Waals surface area contributed by atoms with E-state index in [-0.39, 0.29) is 44.5 Å². The summed E-state index contributed by atoms with van der Waals surface area (Å²) < 4.78 is 41.8. The largest absolute Gasteiger partial charge is 0.460 e. The first-order chi connectivity index (χ1) is 17.7. The molecule has 0 atom stereocenters. The van der Waals surface area contributed by atoms with Crippen LogP contribution in [-0.4, -0.2) is 109 Å². The van der Waals surface area contributed by atoms with E-state index in [0.717, 1.165) is 0 Å². The van der Waals surface area contributed by atoms with Crippen LogP contribution in [-0.2, 0) is 52.3 Å². The molecule has 12 nitrogen and oxygen atoms in total. The molecular formula is C25H47NO11. The first-order valence-electron chi connectivity index (χ1n) is 12.8. The second-order valence-electron chi connectivity index (χ2n) is 8.73. The summed E-state index contributed by atoms with van der Waals surface area (Å²) in [6.07, 6.45) is 1.02. The van der Waals surface area contributed by atoms with E-state index in [0.29, 0.717) is 79.0 Å². The van der Waals surface area contributed by atoms with Crippen molar-refractivity contribution in [3.05, 3.63) is 0 Å². The van der Waals surface area contributed by atoms with Crippen molar-refractivity contribution in [2.24, 2.45) is 0 Å². The molecule has 0 aromatic rings. The van der Waals surface area contributed by atoms with Crippen LogP contribution < -0.4 is 5.32 Å². The molecule has 0 spiro atoms. The van der Waals surface area contributed by atoms with Gasteiger partial charge in [0.25, 0.3) is 0 Å². The fourth-order valence-corrected chi connectivity index (χ4v) is 2.53. The van der Waals surface area contributed by atoms with Crippen LogP contribution >= 0.6 is 0 Å². The Bertz CT molecular complexity index is 581. The number of hydrogen-bond donors (Lipinski definition) is 1. The molecule has 0 aromatic carbocycles. The van der Waals surface area contributed by atoms with Crippen LogP contribution in [0.25, 0.3) is 0 Å². The first-order valence-corrected chi connectivity index (χ1v) is 12.8. The molecule has 1 amide bonds. The minimum atomic E-state index is -0.539. The summed E-state index contributed by atoms with van der Waals surface area (Å²) in [5.41, 5.74) is -0.539. The van der Waals surface area contributed by atoms with Gasteiger partial charge in [-0.05, 0) is 34.1 Å². The molecule has 0 saturated carbocycles. The zero-order chi connectivity index (χ0) is 27.6. The van der Waals surface area contributed by atoms with Gasteiger partial charge in [0.05, 0.1) is 65.9 Å². The van der Waals surface area contributed by atoms with Crippen LogP contribution in [0.3, 0.4) is 0 Å². The van der Waals surface area contributed by atoms with Crippen LogP contribution in [0.1, 0.15) is 53.4 Å². The van der Waals surface area contributed by atoms with Gasteiger partial charge in [-0.3, -0.25) is 14.4 Å². The van der Waals surface area contributed by atoms with Gasteiger partial charge < -0.3 is 43.2 Å². The monoisotopic (exact) mass is 537 g/mol. The van der Waals surface area contributed by atoms with E-state index < -0.39 is 11.6 Å². The summed E-state index contributed by atoms with van der Waals surface area (Å²) in [5, 5.41) is 2.74. The van der Waals surface area contributed by atoms with Crippen molar-refractivity contribution in [1.29, 1.82) is 0 Å². The number of carbonyl (C=O) groups is 3. The maximum absolute atomic E-state index is 11.7. The highest BCUT2D eigenvalue weighted by Crippen LogP contribution is 2.08. The molecule has 12 heteroatoms. The van der Waals surface area contributed by atoms with Gasteiger partial charge in [0.15, 0.2) is 6.79 Å². The first kappa shape index (κ1) is 35.2. The van der Waals surface area contributed by atoms with E-state index in [1.165, 1.54) is 0 Å². The lowest BCUT2D eigenvalue weighted by Gasteiger charge is -2.19. The highest BCUT2D eigenvalue weighted by Gasteiger charge is 2.15. The molecule has 0 saturated heterocycles. The molecule has 0 fully saturated rings. The highest BCUT2D eigenvalue weighted by atomic mass is 16.7.